The number of aromatic amines is 1. The molecule has 0 aliphatic carbocycles. The molecule has 0 radical (unpaired) electrons. The van der Waals surface area contributed by atoms with E-state index in [4.69, 9.17) is 5.11 Å². The van der Waals surface area contributed by atoms with E-state index in [-0.39, 0.29) is 11.5 Å². The molecule has 2 aromatic rings. The zero-order valence-electron chi connectivity index (χ0n) is 10.3. The first-order chi connectivity index (χ1) is 9.06. The summed E-state index contributed by atoms with van der Waals surface area (Å²) in [6, 6.07) is 7.99. The number of rotatable bonds is 4. The first kappa shape index (κ1) is 12.8. The van der Waals surface area contributed by atoms with Crippen LogP contribution in [0, 0.1) is 6.92 Å². The molecule has 0 fully saturated rings. The van der Waals surface area contributed by atoms with Gasteiger partial charge in [0.25, 0.3) is 5.91 Å². The number of nitrogens with zero attached hydrogens (tertiary/aromatic N) is 1. The van der Waals surface area contributed by atoms with Crippen LogP contribution in [0.3, 0.4) is 0 Å². The van der Waals surface area contributed by atoms with Crippen molar-refractivity contribution in [2.45, 2.75) is 13.5 Å². The SMILES string of the molecule is Cc1cc(C(=O)NCc2ccc(C(=O)O)cc2)n[nH]1. The summed E-state index contributed by atoms with van der Waals surface area (Å²) in [7, 11) is 0. The van der Waals surface area contributed by atoms with Crippen LogP contribution in [0.15, 0.2) is 30.3 Å². The number of amides is 1. The second-order valence-electron chi connectivity index (χ2n) is 4.12. The third-order valence-corrected chi connectivity index (χ3v) is 2.59. The molecule has 19 heavy (non-hydrogen) atoms. The van der Waals surface area contributed by atoms with Gasteiger partial charge in [0.15, 0.2) is 0 Å². The van der Waals surface area contributed by atoms with E-state index in [9.17, 15) is 9.59 Å². The summed E-state index contributed by atoms with van der Waals surface area (Å²) < 4.78 is 0. The lowest BCUT2D eigenvalue weighted by atomic mass is 10.1. The van der Waals surface area contributed by atoms with Crippen LogP contribution in [0.5, 0.6) is 0 Å². The number of carbonyl (C=O) groups is 2. The molecule has 2 rings (SSSR count). The second kappa shape index (κ2) is 5.34. The highest BCUT2D eigenvalue weighted by Crippen LogP contribution is 2.05. The average Bonchev–Trinajstić information content (AvgIpc) is 2.83. The van der Waals surface area contributed by atoms with Crippen molar-refractivity contribution in [2.24, 2.45) is 0 Å². The van der Waals surface area contributed by atoms with Gasteiger partial charge in [-0.2, -0.15) is 5.10 Å². The molecule has 0 unspecified atom stereocenters. The fourth-order valence-corrected chi connectivity index (χ4v) is 1.57. The monoisotopic (exact) mass is 259 g/mol. The molecule has 1 aromatic heterocycles. The van der Waals surface area contributed by atoms with Crippen molar-refractivity contribution in [2.75, 3.05) is 0 Å². The topological polar surface area (TPSA) is 95.1 Å². The number of aromatic nitrogens is 2. The van der Waals surface area contributed by atoms with Gasteiger partial charge >= 0.3 is 5.97 Å². The van der Waals surface area contributed by atoms with Crippen molar-refractivity contribution in [1.29, 1.82) is 0 Å². The van der Waals surface area contributed by atoms with Gasteiger partial charge in [-0.1, -0.05) is 12.1 Å². The van der Waals surface area contributed by atoms with Gasteiger partial charge in [-0.15, -0.1) is 0 Å². The van der Waals surface area contributed by atoms with Crippen LogP contribution in [0.1, 0.15) is 32.1 Å². The molecule has 1 aromatic carbocycles. The summed E-state index contributed by atoms with van der Waals surface area (Å²) in [5.74, 6) is -1.24. The van der Waals surface area contributed by atoms with E-state index in [0.717, 1.165) is 11.3 Å². The molecular formula is C13H13N3O3. The lowest BCUT2D eigenvalue weighted by Gasteiger charge is -2.03. The van der Waals surface area contributed by atoms with Gasteiger partial charge in [-0.05, 0) is 30.7 Å². The Kier molecular flexibility index (Phi) is 3.61. The highest BCUT2D eigenvalue weighted by atomic mass is 16.4. The van der Waals surface area contributed by atoms with Gasteiger partial charge in [0, 0.05) is 12.2 Å². The Labute approximate surface area is 109 Å². The smallest absolute Gasteiger partial charge is 0.335 e. The quantitative estimate of drug-likeness (QED) is 0.772. The number of carboxylic acids is 1. The molecule has 0 aliphatic rings. The molecule has 1 heterocycles. The number of aromatic carboxylic acids is 1. The fourth-order valence-electron chi connectivity index (χ4n) is 1.57. The minimum Gasteiger partial charge on any atom is -0.478 e. The number of benzene rings is 1. The summed E-state index contributed by atoms with van der Waals surface area (Å²) in [5.41, 5.74) is 2.19. The van der Waals surface area contributed by atoms with E-state index in [2.05, 4.69) is 15.5 Å². The van der Waals surface area contributed by atoms with Crippen LogP contribution >= 0.6 is 0 Å². The number of H-pyrrole nitrogens is 1. The van der Waals surface area contributed by atoms with Crippen LogP contribution in [0.25, 0.3) is 0 Å². The Hall–Kier alpha value is -2.63. The molecule has 98 valence electrons. The van der Waals surface area contributed by atoms with Crippen LogP contribution in [0.2, 0.25) is 0 Å². The number of nitrogens with one attached hydrogen (secondary N) is 2. The first-order valence-corrected chi connectivity index (χ1v) is 5.68. The Morgan fingerprint density at radius 3 is 2.53 bits per heavy atom. The summed E-state index contributed by atoms with van der Waals surface area (Å²) in [5, 5.41) is 18.0. The predicted molar refractivity (Wildman–Crippen MR) is 67.9 cm³/mol. The van der Waals surface area contributed by atoms with Crippen molar-refractivity contribution in [3.05, 3.63) is 52.8 Å². The minimum absolute atomic E-state index is 0.220. The van der Waals surface area contributed by atoms with Crippen molar-refractivity contribution in [3.8, 4) is 0 Å². The third-order valence-electron chi connectivity index (χ3n) is 2.59. The van der Waals surface area contributed by atoms with Crippen molar-refractivity contribution >= 4 is 11.9 Å². The molecule has 0 bridgehead atoms. The van der Waals surface area contributed by atoms with Crippen molar-refractivity contribution in [1.82, 2.24) is 15.5 Å². The van der Waals surface area contributed by atoms with Crippen LogP contribution in [-0.4, -0.2) is 27.2 Å². The maximum absolute atomic E-state index is 11.7. The summed E-state index contributed by atoms with van der Waals surface area (Å²) >= 11 is 0. The van der Waals surface area contributed by atoms with Gasteiger partial charge in [-0.25, -0.2) is 4.79 Å². The van der Waals surface area contributed by atoms with Crippen LogP contribution in [0.4, 0.5) is 0 Å². The summed E-state index contributed by atoms with van der Waals surface area (Å²) in [4.78, 5) is 22.4. The fraction of sp³-hybridized carbons (Fsp3) is 0.154. The van der Waals surface area contributed by atoms with E-state index in [1.54, 1.807) is 18.2 Å². The highest BCUT2D eigenvalue weighted by Gasteiger charge is 2.08. The van der Waals surface area contributed by atoms with Gasteiger partial charge in [0.2, 0.25) is 0 Å². The Balaban J connectivity index is 1.95. The maximum atomic E-state index is 11.7. The molecule has 3 N–H and O–H groups in total. The summed E-state index contributed by atoms with van der Waals surface area (Å²) in [6.07, 6.45) is 0. The lowest BCUT2D eigenvalue weighted by molar-refractivity contribution is 0.0696. The molecular weight excluding hydrogens is 246 g/mol. The van der Waals surface area contributed by atoms with Gasteiger partial charge in [-0.3, -0.25) is 9.89 Å². The molecule has 0 saturated carbocycles. The van der Waals surface area contributed by atoms with Crippen molar-refractivity contribution < 1.29 is 14.7 Å². The normalized spacial score (nSPS) is 10.2. The van der Waals surface area contributed by atoms with E-state index in [1.807, 2.05) is 6.92 Å². The predicted octanol–water partition coefficient (Wildman–Crippen LogP) is 1.35. The first-order valence-electron chi connectivity index (χ1n) is 5.68. The minimum atomic E-state index is -0.970. The maximum Gasteiger partial charge on any atom is 0.335 e. The van der Waals surface area contributed by atoms with E-state index >= 15 is 0 Å². The molecule has 0 atom stereocenters. The van der Waals surface area contributed by atoms with Crippen LogP contribution in [-0.2, 0) is 6.54 Å². The standard InChI is InChI=1S/C13H13N3O3/c1-8-6-11(16-15-8)12(17)14-7-9-2-4-10(5-3-9)13(18)19/h2-6H,7H2,1H3,(H,14,17)(H,15,16)(H,18,19). The molecule has 0 aliphatic heterocycles. The number of aryl methyl sites for hydroxylation is 1. The highest BCUT2D eigenvalue weighted by molar-refractivity contribution is 5.92. The average molecular weight is 259 g/mol. The Morgan fingerprint density at radius 2 is 2.00 bits per heavy atom. The Bertz CT molecular complexity index is 602. The van der Waals surface area contributed by atoms with Crippen LogP contribution < -0.4 is 5.32 Å². The third kappa shape index (κ3) is 3.19. The number of carboxylic acid groups (broad SMARTS) is 1. The number of hydrogen-bond donors (Lipinski definition) is 3. The molecule has 0 spiro atoms. The number of carbonyl (C=O) groups excluding carboxylic acids is 1. The molecule has 6 heteroatoms. The zero-order chi connectivity index (χ0) is 13.8. The van der Waals surface area contributed by atoms with Gasteiger partial charge in [0.05, 0.1) is 5.56 Å². The van der Waals surface area contributed by atoms with Crippen molar-refractivity contribution in [3.63, 3.8) is 0 Å². The van der Waals surface area contributed by atoms with Gasteiger partial charge < -0.3 is 10.4 Å². The number of hydrogen-bond acceptors (Lipinski definition) is 3. The largest absolute Gasteiger partial charge is 0.478 e. The molecule has 1 amide bonds. The molecule has 0 saturated heterocycles. The molecule has 6 nitrogen and oxygen atoms in total. The van der Waals surface area contributed by atoms with E-state index in [1.165, 1.54) is 12.1 Å². The zero-order valence-corrected chi connectivity index (χ0v) is 10.3. The van der Waals surface area contributed by atoms with E-state index in [0.29, 0.717) is 12.2 Å². The Morgan fingerprint density at radius 1 is 1.32 bits per heavy atom. The lowest BCUT2D eigenvalue weighted by Crippen LogP contribution is -2.23. The second-order valence-corrected chi connectivity index (χ2v) is 4.12. The van der Waals surface area contributed by atoms with E-state index < -0.39 is 5.97 Å². The van der Waals surface area contributed by atoms with Gasteiger partial charge in [0.1, 0.15) is 5.69 Å². The summed E-state index contributed by atoms with van der Waals surface area (Å²) in [6.45, 7) is 2.14.